The second kappa shape index (κ2) is 6.67. The largest absolute Gasteiger partial charge is 0.399 e. The Morgan fingerprint density at radius 1 is 1.50 bits per heavy atom. The molecule has 6 heteroatoms. The SMILES string of the molecule is CCCCN(C)CC(=O)Nc1nc2ccc(N)cc2s1. The summed E-state index contributed by atoms with van der Waals surface area (Å²) >= 11 is 1.44. The van der Waals surface area contributed by atoms with Crippen molar-refractivity contribution < 1.29 is 4.79 Å². The number of nitrogen functional groups attached to an aromatic ring is 1. The molecule has 0 fully saturated rings. The van der Waals surface area contributed by atoms with Crippen molar-refractivity contribution in [2.45, 2.75) is 19.8 Å². The van der Waals surface area contributed by atoms with E-state index in [1.165, 1.54) is 11.3 Å². The number of nitrogens with one attached hydrogen (secondary N) is 1. The van der Waals surface area contributed by atoms with E-state index in [1.807, 2.05) is 30.1 Å². The molecule has 0 aliphatic heterocycles. The van der Waals surface area contributed by atoms with Gasteiger partial charge in [-0.3, -0.25) is 9.69 Å². The summed E-state index contributed by atoms with van der Waals surface area (Å²) in [4.78, 5) is 18.3. The van der Waals surface area contributed by atoms with Crippen LogP contribution >= 0.6 is 11.3 Å². The Morgan fingerprint density at radius 2 is 2.30 bits per heavy atom. The van der Waals surface area contributed by atoms with Gasteiger partial charge in [0, 0.05) is 5.69 Å². The molecule has 2 rings (SSSR count). The standard InChI is InChI=1S/C14H20N4OS/c1-3-4-7-18(2)9-13(19)17-14-16-11-6-5-10(15)8-12(11)20-14/h5-6,8H,3-4,7,9,15H2,1-2H3,(H,16,17,19). The molecule has 108 valence electrons. The molecule has 1 aromatic heterocycles. The number of fused-ring (bicyclic) bond motifs is 1. The number of unbranched alkanes of at least 4 members (excludes halogenated alkanes) is 1. The van der Waals surface area contributed by atoms with Gasteiger partial charge < -0.3 is 11.1 Å². The fraction of sp³-hybridized carbons (Fsp3) is 0.429. The molecule has 1 aromatic carbocycles. The maximum Gasteiger partial charge on any atom is 0.240 e. The number of anilines is 2. The number of rotatable bonds is 6. The van der Waals surface area contributed by atoms with Crippen LogP contribution in [-0.2, 0) is 4.79 Å². The topological polar surface area (TPSA) is 71.2 Å². The minimum absolute atomic E-state index is 0.0318. The van der Waals surface area contributed by atoms with Crippen molar-refractivity contribution in [3.05, 3.63) is 18.2 Å². The predicted octanol–water partition coefficient (Wildman–Crippen LogP) is 2.55. The number of carbonyl (C=O) groups is 1. The van der Waals surface area contributed by atoms with Gasteiger partial charge in [-0.15, -0.1) is 0 Å². The third-order valence-electron chi connectivity index (χ3n) is 2.97. The number of thiazole rings is 1. The highest BCUT2D eigenvalue weighted by Crippen LogP contribution is 2.27. The Morgan fingerprint density at radius 3 is 3.05 bits per heavy atom. The molecule has 0 aliphatic rings. The Hall–Kier alpha value is -1.66. The van der Waals surface area contributed by atoms with Crippen molar-refractivity contribution in [3.8, 4) is 0 Å². The summed E-state index contributed by atoms with van der Waals surface area (Å²) < 4.78 is 0.986. The number of likely N-dealkylation sites (N-methyl/N-ethyl adjacent to an activating group) is 1. The molecule has 1 amide bonds. The second-order valence-corrected chi connectivity index (χ2v) is 5.92. The van der Waals surface area contributed by atoms with E-state index < -0.39 is 0 Å². The highest BCUT2D eigenvalue weighted by Gasteiger charge is 2.10. The highest BCUT2D eigenvalue weighted by atomic mass is 32.1. The van der Waals surface area contributed by atoms with Gasteiger partial charge in [0.1, 0.15) is 0 Å². The first-order valence-corrected chi connectivity index (χ1v) is 7.54. The molecule has 1 heterocycles. The van der Waals surface area contributed by atoms with Crippen LogP contribution in [0.3, 0.4) is 0 Å². The Bertz CT molecular complexity index is 596. The van der Waals surface area contributed by atoms with Crippen LogP contribution in [0.5, 0.6) is 0 Å². The summed E-state index contributed by atoms with van der Waals surface area (Å²) in [6.07, 6.45) is 2.23. The first-order chi connectivity index (χ1) is 9.58. The fourth-order valence-corrected chi connectivity index (χ4v) is 2.84. The Labute approximate surface area is 122 Å². The molecule has 5 nitrogen and oxygen atoms in total. The highest BCUT2D eigenvalue weighted by molar-refractivity contribution is 7.22. The summed E-state index contributed by atoms with van der Waals surface area (Å²) in [5.41, 5.74) is 7.30. The minimum Gasteiger partial charge on any atom is -0.399 e. The van der Waals surface area contributed by atoms with Gasteiger partial charge in [0.2, 0.25) is 5.91 Å². The van der Waals surface area contributed by atoms with E-state index in [1.54, 1.807) is 0 Å². The van der Waals surface area contributed by atoms with Gasteiger partial charge in [0.15, 0.2) is 5.13 Å². The molecule has 0 saturated carbocycles. The van der Waals surface area contributed by atoms with Gasteiger partial charge in [0.25, 0.3) is 0 Å². The smallest absolute Gasteiger partial charge is 0.240 e. The van der Waals surface area contributed by atoms with Crippen molar-refractivity contribution >= 4 is 38.3 Å². The summed E-state index contributed by atoms with van der Waals surface area (Å²) in [5.74, 6) is -0.0318. The molecular weight excluding hydrogens is 272 g/mol. The van der Waals surface area contributed by atoms with Crippen molar-refractivity contribution in [2.75, 3.05) is 31.2 Å². The number of hydrogen-bond acceptors (Lipinski definition) is 5. The maximum absolute atomic E-state index is 11.9. The summed E-state index contributed by atoms with van der Waals surface area (Å²) in [7, 11) is 1.95. The molecule has 0 saturated heterocycles. The lowest BCUT2D eigenvalue weighted by molar-refractivity contribution is -0.117. The lowest BCUT2D eigenvalue weighted by Gasteiger charge is -2.14. The first-order valence-electron chi connectivity index (χ1n) is 6.73. The van der Waals surface area contributed by atoms with Gasteiger partial charge in [-0.2, -0.15) is 0 Å². The quantitative estimate of drug-likeness (QED) is 0.803. The Kier molecular flexibility index (Phi) is 4.92. The van der Waals surface area contributed by atoms with E-state index in [9.17, 15) is 4.79 Å². The van der Waals surface area contributed by atoms with Gasteiger partial charge in [-0.1, -0.05) is 24.7 Å². The monoisotopic (exact) mass is 292 g/mol. The van der Waals surface area contributed by atoms with Gasteiger partial charge >= 0.3 is 0 Å². The molecular formula is C14H20N4OS. The number of nitrogens with zero attached hydrogens (tertiary/aromatic N) is 2. The number of carbonyl (C=O) groups excluding carboxylic acids is 1. The molecule has 20 heavy (non-hydrogen) atoms. The van der Waals surface area contributed by atoms with E-state index in [-0.39, 0.29) is 5.91 Å². The Balaban J connectivity index is 1.95. The van der Waals surface area contributed by atoms with Crippen molar-refractivity contribution in [3.63, 3.8) is 0 Å². The summed E-state index contributed by atoms with van der Waals surface area (Å²) in [5, 5.41) is 3.47. The lowest BCUT2D eigenvalue weighted by Crippen LogP contribution is -2.30. The third-order valence-corrected chi connectivity index (χ3v) is 3.90. The van der Waals surface area contributed by atoms with Crippen LogP contribution in [-0.4, -0.2) is 35.9 Å². The maximum atomic E-state index is 11.9. The van der Waals surface area contributed by atoms with Crippen LogP contribution in [0.2, 0.25) is 0 Å². The molecule has 0 radical (unpaired) electrons. The van der Waals surface area contributed by atoms with Gasteiger partial charge in [-0.25, -0.2) is 4.98 Å². The third kappa shape index (κ3) is 3.91. The van der Waals surface area contributed by atoms with Crippen LogP contribution < -0.4 is 11.1 Å². The molecule has 0 unspecified atom stereocenters. The first kappa shape index (κ1) is 14.7. The van der Waals surface area contributed by atoms with Gasteiger partial charge in [0.05, 0.1) is 16.8 Å². The van der Waals surface area contributed by atoms with E-state index in [2.05, 4.69) is 17.2 Å². The van der Waals surface area contributed by atoms with E-state index >= 15 is 0 Å². The van der Waals surface area contributed by atoms with Crippen molar-refractivity contribution in [1.82, 2.24) is 9.88 Å². The number of nitrogens with two attached hydrogens (primary N) is 1. The van der Waals surface area contributed by atoms with Crippen molar-refractivity contribution in [2.24, 2.45) is 0 Å². The van der Waals surface area contributed by atoms with Gasteiger partial charge in [-0.05, 0) is 38.2 Å². The molecule has 0 aliphatic carbocycles. The summed E-state index contributed by atoms with van der Waals surface area (Å²) in [6.45, 7) is 3.46. The van der Waals surface area contributed by atoms with Crippen LogP contribution in [0, 0.1) is 0 Å². The zero-order valence-corrected chi connectivity index (χ0v) is 12.7. The zero-order chi connectivity index (χ0) is 14.5. The molecule has 0 atom stereocenters. The van der Waals surface area contributed by atoms with Crippen LogP contribution in [0.15, 0.2) is 18.2 Å². The number of hydrogen-bond donors (Lipinski definition) is 2. The predicted molar refractivity (Wildman–Crippen MR) is 85.1 cm³/mol. The number of aromatic nitrogens is 1. The van der Waals surface area contributed by atoms with Crippen molar-refractivity contribution in [1.29, 1.82) is 0 Å². The summed E-state index contributed by atoms with van der Waals surface area (Å²) in [6, 6.07) is 5.55. The average Bonchev–Trinajstić information content (AvgIpc) is 2.77. The molecule has 3 N–H and O–H groups in total. The average molecular weight is 292 g/mol. The molecule has 0 spiro atoms. The van der Waals surface area contributed by atoms with Crippen LogP contribution in [0.25, 0.3) is 10.2 Å². The lowest BCUT2D eigenvalue weighted by atomic mass is 10.3. The van der Waals surface area contributed by atoms with Crippen LogP contribution in [0.4, 0.5) is 10.8 Å². The number of benzene rings is 1. The van der Waals surface area contributed by atoms with E-state index in [0.29, 0.717) is 17.4 Å². The normalized spacial score (nSPS) is 11.2. The van der Waals surface area contributed by atoms with E-state index in [0.717, 1.165) is 29.6 Å². The fourth-order valence-electron chi connectivity index (χ4n) is 1.91. The van der Waals surface area contributed by atoms with E-state index in [4.69, 9.17) is 5.73 Å². The molecule has 0 bridgehead atoms. The zero-order valence-electron chi connectivity index (χ0n) is 11.8. The van der Waals surface area contributed by atoms with Crippen LogP contribution in [0.1, 0.15) is 19.8 Å². The number of amides is 1. The minimum atomic E-state index is -0.0318. The molecule has 2 aromatic rings. The second-order valence-electron chi connectivity index (χ2n) is 4.89.